The van der Waals surface area contributed by atoms with Gasteiger partial charge in [-0.05, 0) is 6.92 Å². The van der Waals surface area contributed by atoms with E-state index in [0.29, 0.717) is 37.8 Å². The van der Waals surface area contributed by atoms with E-state index in [1.807, 2.05) is 6.92 Å². The number of aromatic amines is 1. The summed E-state index contributed by atoms with van der Waals surface area (Å²) in [6, 6.07) is -0.321. The summed E-state index contributed by atoms with van der Waals surface area (Å²) in [7, 11) is 0. The van der Waals surface area contributed by atoms with Crippen molar-refractivity contribution in [3.05, 3.63) is 29.9 Å². The van der Waals surface area contributed by atoms with Crippen molar-refractivity contribution in [3.8, 4) is 0 Å². The minimum atomic E-state index is -0.321. The third kappa shape index (κ3) is 3.38. The van der Waals surface area contributed by atoms with Gasteiger partial charge in [-0.3, -0.25) is 0 Å². The van der Waals surface area contributed by atoms with Gasteiger partial charge in [0.1, 0.15) is 0 Å². The molecule has 0 aliphatic heterocycles. The number of hydrogen-bond acceptors (Lipinski definition) is 6. The predicted molar refractivity (Wildman–Crippen MR) is 63.7 cm³/mol. The van der Waals surface area contributed by atoms with Gasteiger partial charge in [-0.15, -0.1) is 0 Å². The molecule has 7 nitrogen and oxygen atoms in total. The second kappa shape index (κ2) is 6.27. The Labute approximate surface area is 105 Å². The molecule has 0 saturated heterocycles. The fourth-order valence-corrected chi connectivity index (χ4v) is 1.55. The van der Waals surface area contributed by atoms with Crippen LogP contribution in [0, 0.1) is 0 Å². The molecule has 0 amide bonds. The Kier molecular flexibility index (Phi) is 4.43. The number of nitrogens with zero attached hydrogens (tertiary/aromatic N) is 3. The van der Waals surface area contributed by atoms with Gasteiger partial charge in [0, 0.05) is 31.3 Å². The lowest BCUT2D eigenvalue weighted by Gasteiger charge is -2.03. The topological polar surface area (TPSA) is 103 Å². The van der Waals surface area contributed by atoms with E-state index < -0.39 is 0 Å². The van der Waals surface area contributed by atoms with Gasteiger partial charge in [0.05, 0.1) is 19.0 Å². The summed E-state index contributed by atoms with van der Waals surface area (Å²) in [5.74, 6) is 1.06. The molecule has 2 aromatic rings. The molecule has 0 saturated carbocycles. The molecule has 0 radical (unpaired) electrons. The summed E-state index contributed by atoms with van der Waals surface area (Å²) in [6.07, 6.45) is 4.57. The van der Waals surface area contributed by atoms with E-state index >= 15 is 0 Å². The van der Waals surface area contributed by atoms with Gasteiger partial charge in [0.2, 0.25) is 5.89 Å². The first kappa shape index (κ1) is 12.7. The minimum Gasteiger partial charge on any atom is -0.381 e. The number of aromatic nitrogens is 4. The molecular weight excluding hydrogens is 234 g/mol. The van der Waals surface area contributed by atoms with Gasteiger partial charge < -0.3 is 20.0 Å². The SMILES string of the molecule is CCOCCc1noc([C@H](N)Cc2cnc[nH]2)n1. The van der Waals surface area contributed by atoms with Gasteiger partial charge in [-0.2, -0.15) is 4.98 Å². The van der Waals surface area contributed by atoms with E-state index in [9.17, 15) is 0 Å². The van der Waals surface area contributed by atoms with Crippen molar-refractivity contribution in [1.82, 2.24) is 20.1 Å². The van der Waals surface area contributed by atoms with Crippen LogP contribution in [-0.4, -0.2) is 33.3 Å². The number of hydrogen-bond donors (Lipinski definition) is 2. The zero-order valence-electron chi connectivity index (χ0n) is 10.3. The number of nitrogens with one attached hydrogen (secondary N) is 1. The van der Waals surface area contributed by atoms with Crippen molar-refractivity contribution in [2.75, 3.05) is 13.2 Å². The number of H-pyrrole nitrogens is 1. The number of imidazole rings is 1. The maximum Gasteiger partial charge on any atom is 0.243 e. The van der Waals surface area contributed by atoms with Crippen LogP contribution >= 0.6 is 0 Å². The lowest BCUT2D eigenvalue weighted by atomic mass is 10.2. The van der Waals surface area contributed by atoms with Crippen LogP contribution in [0.4, 0.5) is 0 Å². The summed E-state index contributed by atoms with van der Waals surface area (Å²) in [5.41, 5.74) is 6.92. The van der Waals surface area contributed by atoms with Crippen molar-refractivity contribution in [2.24, 2.45) is 5.73 Å². The quantitative estimate of drug-likeness (QED) is 0.699. The molecule has 0 fully saturated rings. The third-order valence-electron chi connectivity index (χ3n) is 2.47. The highest BCUT2D eigenvalue weighted by molar-refractivity contribution is 5.02. The van der Waals surface area contributed by atoms with Crippen molar-refractivity contribution >= 4 is 0 Å². The number of nitrogens with two attached hydrogens (primary N) is 1. The Balaban J connectivity index is 1.88. The molecule has 98 valence electrons. The van der Waals surface area contributed by atoms with Crippen LogP contribution in [0.15, 0.2) is 17.0 Å². The fourth-order valence-electron chi connectivity index (χ4n) is 1.55. The standard InChI is InChI=1S/C11H17N5O2/c1-2-17-4-3-10-15-11(18-16-10)9(12)5-8-6-13-7-14-8/h6-7,9H,2-5,12H2,1H3,(H,13,14)/t9-/m1/s1. The van der Waals surface area contributed by atoms with Crippen LogP contribution in [0.3, 0.4) is 0 Å². The Bertz CT molecular complexity index is 454. The van der Waals surface area contributed by atoms with Crippen LogP contribution in [0.2, 0.25) is 0 Å². The van der Waals surface area contributed by atoms with Crippen LogP contribution in [0.25, 0.3) is 0 Å². The maximum atomic E-state index is 5.98. The molecule has 0 unspecified atom stereocenters. The summed E-state index contributed by atoms with van der Waals surface area (Å²) in [6.45, 7) is 3.22. The highest BCUT2D eigenvalue weighted by Crippen LogP contribution is 2.12. The van der Waals surface area contributed by atoms with E-state index in [-0.39, 0.29) is 6.04 Å². The van der Waals surface area contributed by atoms with Gasteiger partial charge in [-0.25, -0.2) is 4.98 Å². The zero-order chi connectivity index (χ0) is 12.8. The molecule has 1 atom stereocenters. The highest BCUT2D eigenvalue weighted by Gasteiger charge is 2.15. The molecule has 0 aromatic carbocycles. The molecule has 18 heavy (non-hydrogen) atoms. The molecule has 0 aliphatic rings. The van der Waals surface area contributed by atoms with Crippen LogP contribution < -0.4 is 5.73 Å². The monoisotopic (exact) mass is 251 g/mol. The van der Waals surface area contributed by atoms with Gasteiger partial charge >= 0.3 is 0 Å². The fraction of sp³-hybridized carbons (Fsp3) is 0.545. The molecule has 2 rings (SSSR count). The minimum absolute atomic E-state index is 0.321. The summed E-state index contributed by atoms with van der Waals surface area (Å²) in [5, 5.41) is 3.87. The predicted octanol–water partition coefficient (Wildman–Crippen LogP) is 0.614. The molecule has 7 heteroatoms. The zero-order valence-corrected chi connectivity index (χ0v) is 10.3. The first-order valence-electron chi connectivity index (χ1n) is 5.92. The second-order valence-corrected chi connectivity index (χ2v) is 3.88. The van der Waals surface area contributed by atoms with Crippen LogP contribution in [0.1, 0.15) is 30.4 Å². The van der Waals surface area contributed by atoms with E-state index in [2.05, 4.69) is 20.1 Å². The van der Waals surface area contributed by atoms with Crippen LogP contribution in [-0.2, 0) is 17.6 Å². The first-order chi connectivity index (χ1) is 8.79. The Hall–Kier alpha value is -1.73. The molecular formula is C11H17N5O2. The Morgan fingerprint density at radius 1 is 1.56 bits per heavy atom. The van der Waals surface area contributed by atoms with E-state index in [4.69, 9.17) is 15.0 Å². The molecule has 0 spiro atoms. The largest absolute Gasteiger partial charge is 0.381 e. The Morgan fingerprint density at radius 3 is 3.17 bits per heavy atom. The van der Waals surface area contributed by atoms with Crippen molar-refractivity contribution < 1.29 is 9.26 Å². The van der Waals surface area contributed by atoms with Gasteiger partial charge in [-0.1, -0.05) is 5.16 Å². The van der Waals surface area contributed by atoms with Crippen molar-refractivity contribution in [2.45, 2.75) is 25.8 Å². The van der Waals surface area contributed by atoms with Crippen LogP contribution in [0.5, 0.6) is 0 Å². The van der Waals surface area contributed by atoms with Crippen molar-refractivity contribution in [3.63, 3.8) is 0 Å². The summed E-state index contributed by atoms with van der Waals surface area (Å²) in [4.78, 5) is 11.2. The maximum absolute atomic E-state index is 5.98. The number of rotatable bonds is 7. The number of ether oxygens (including phenoxy) is 1. The molecule has 2 heterocycles. The average Bonchev–Trinajstić information content (AvgIpc) is 3.00. The molecule has 2 aromatic heterocycles. The van der Waals surface area contributed by atoms with Crippen molar-refractivity contribution in [1.29, 1.82) is 0 Å². The lowest BCUT2D eigenvalue weighted by molar-refractivity contribution is 0.149. The first-order valence-corrected chi connectivity index (χ1v) is 5.92. The van der Waals surface area contributed by atoms with Gasteiger partial charge in [0.15, 0.2) is 5.82 Å². The van der Waals surface area contributed by atoms with E-state index in [1.54, 1.807) is 12.5 Å². The molecule has 0 bridgehead atoms. The lowest BCUT2D eigenvalue weighted by Crippen LogP contribution is -2.14. The summed E-state index contributed by atoms with van der Waals surface area (Å²) < 4.78 is 10.4. The second-order valence-electron chi connectivity index (χ2n) is 3.88. The normalized spacial score (nSPS) is 12.8. The highest BCUT2D eigenvalue weighted by atomic mass is 16.5. The van der Waals surface area contributed by atoms with E-state index in [0.717, 1.165) is 5.69 Å². The Morgan fingerprint density at radius 2 is 2.44 bits per heavy atom. The smallest absolute Gasteiger partial charge is 0.243 e. The summed E-state index contributed by atoms with van der Waals surface area (Å²) >= 11 is 0. The van der Waals surface area contributed by atoms with Gasteiger partial charge in [0.25, 0.3) is 0 Å². The van der Waals surface area contributed by atoms with E-state index in [1.165, 1.54) is 0 Å². The average molecular weight is 251 g/mol. The third-order valence-corrected chi connectivity index (χ3v) is 2.47. The molecule has 3 N–H and O–H groups in total. The molecule has 0 aliphatic carbocycles.